The predicted octanol–water partition coefficient (Wildman–Crippen LogP) is 0.368. The van der Waals surface area contributed by atoms with Gasteiger partial charge in [-0.15, -0.1) is 0 Å². The number of rotatable bonds is 3. The average molecular weight is 236 g/mol. The maximum Gasteiger partial charge on any atom is 0.229 e. The van der Waals surface area contributed by atoms with Gasteiger partial charge >= 0.3 is 0 Å². The first-order valence-electron chi connectivity index (χ1n) is 5.79. The highest BCUT2D eigenvalue weighted by Crippen LogP contribution is 2.14. The third-order valence-corrected chi connectivity index (χ3v) is 2.86. The largest absolute Gasteiger partial charge is 0.355 e. The Morgan fingerprint density at radius 2 is 2.53 bits per heavy atom. The molecule has 0 saturated carbocycles. The SMILES string of the molecule is CCn1cc(NC(=O)C2CCC(=O)NC2)cn1. The minimum atomic E-state index is -0.141. The molecule has 0 aromatic carbocycles. The average Bonchev–Trinajstić information content (AvgIpc) is 2.77. The minimum Gasteiger partial charge on any atom is -0.355 e. The van der Waals surface area contributed by atoms with Crippen molar-refractivity contribution >= 4 is 17.5 Å². The van der Waals surface area contributed by atoms with E-state index in [-0.39, 0.29) is 17.7 Å². The van der Waals surface area contributed by atoms with Gasteiger partial charge in [0.05, 0.1) is 17.8 Å². The van der Waals surface area contributed by atoms with Crippen molar-refractivity contribution in [3.8, 4) is 0 Å². The van der Waals surface area contributed by atoms with Crippen molar-refractivity contribution in [3.63, 3.8) is 0 Å². The molecular formula is C11H16N4O2. The molecule has 1 saturated heterocycles. The summed E-state index contributed by atoms with van der Waals surface area (Å²) < 4.78 is 1.75. The first-order chi connectivity index (χ1) is 8.19. The number of aromatic nitrogens is 2. The van der Waals surface area contributed by atoms with E-state index in [1.165, 1.54) is 0 Å². The molecule has 0 radical (unpaired) electrons. The molecule has 0 bridgehead atoms. The molecule has 2 N–H and O–H groups in total. The fourth-order valence-electron chi connectivity index (χ4n) is 1.80. The number of anilines is 1. The quantitative estimate of drug-likeness (QED) is 0.796. The lowest BCUT2D eigenvalue weighted by Gasteiger charge is -2.21. The summed E-state index contributed by atoms with van der Waals surface area (Å²) in [6, 6.07) is 0. The van der Waals surface area contributed by atoms with Crippen molar-refractivity contribution < 1.29 is 9.59 Å². The number of piperidine rings is 1. The van der Waals surface area contributed by atoms with E-state index in [1.54, 1.807) is 17.1 Å². The summed E-state index contributed by atoms with van der Waals surface area (Å²) in [4.78, 5) is 22.8. The van der Waals surface area contributed by atoms with Crippen LogP contribution < -0.4 is 10.6 Å². The van der Waals surface area contributed by atoms with Crippen molar-refractivity contribution in [2.75, 3.05) is 11.9 Å². The Bertz CT molecular complexity index is 417. The summed E-state index contributed by atoms with van der Waals surface area (Å²) in [7, 11) is 0. The Kier molecular flexibility index (Phi) is 3.41. The van der Waals surface area contributed by atoms with Gasteiger partial charge < -0.3 is 10.6 Å². The first-order valence-corrected chi connectivity index (χ1v) is 5.79. The van der Waals surface area contributed by atoms with Gasteiger partial charge in [0.15, 0.2) is 0 Å². The standard InChI is InChI=1S/C11H16N4O2/c1-2-15-7-9(6-13-15)14-11(17)8-3-4-10(16)12-5-8/h6-8H,2-5H2,1H3,(H,12,16)(H,14,17). The van der Waals surface area contributed by atoms with Crippen LogP contribution in [0.3, 0.4) is 0 Å². The van der Waals surface area contributed by atoms with Gasteiger partial charge in [0, 0.05) is 25.7 Å². The van der Waals surface area contributed by atoms with E-state index in [0.717, 1.165) is 6.54 Å². The number of carbonyl (C=O) groups excluding carboxylic acids is 2. The molecule has 0 spiro atoms. The van der Waals surface area contributed by atoms with Crippen LogP contribution in [-0.2, 0) is 16.1 Å². The Labute approximate surface area is 99.4 Å². The van der Waals surface area contributed by atoms with Crippen molar-refractivity contribution in [2.24, 2.45) is 5.92 Å². The number of hydrogen-bond acceptors (Lipinski definition) is 3. The van der Waals surface area contributed by atoms with Crippen molar-refractivity contribution in [1.29, 1.82) is 0 Å². The summed E-state index contributed by atoms with van der Waals surface area (Å²) in [5, 5.41) is 9.58. The number of nitrogens with one attached hydrogen (secondary N) is 2. The van der Waals surface area contributed by atoms with Crippen LogP contribution in [0.5, 0.6) is 0 Å². The van der Waals surface area contributed by atoms with Crippen LogP contribution in [-0.4, -0.2) is 28.1 Å². The molecule has 1 aliphatic rings. The van der Waals surface area contributed by atoms with Crippen LogP contribution >= 0.6 is 0 Å². The molecule has 17 heavy (non-hydrogen) atoms. The van der Waals surface area contributed by atoms with Gasteiger partial charge in [-0.1, -0.05) is 0 Å². The summed E-state index contributed by atoms with van der Waals surface area (Å²) in [5.74, 6) is -0.175. The van der Waals surface area contributed by atoms with Gasteiger partial charge in [-0.05, 0) is 13.3 Å². The monoisotopic (exact) mass is 236 g/mol. The van der Waals surface area contributed by atoms with Crippen molar-refractivity contribution in [1.82, 2.24) is 15.1 Å². The maximum atomic E-state index is 11.9. The molecular weight excluding hydrogens is 220 g/mol. The second-order valence-corrected chi connectivity index (χ2v) is 4.11. The highest BCUT2D eigenvalue weighted by Gasteiger charge is 2.24. The molecule has 0 aliphatic carbocycles. The zero-order chi connectivity index (χ0) is 12.3. The Balaban J connectivity index is 1.90. The van der Waals surface area contributed by atoms with Crippen LogP contribution in [0.25, 0.3) is 0 Å². The third kappa shape index (κ3) is 2.83. The molecule has 1 fully saturated rings. The number of nitrogens with zero attached hydrogens (tertiary/aromatic N) is 2. The minimum absolute atomic E-state index is 0.0212. The predicted molar refractivity (Wildman–Crippen MR) is 62.3 cm³/mol. The molecule has 1 aromatic rings. The highest BCUT2D eigenvalue weighted by molar-refractivity contribution is 5.93. The Morgan fingerprint density at radius 1 is 1.71 bits per heavy atom. The molecule has 1 unspecified atom stereocenters. The molecule has 2 heterocycles. The molecule has 1 atom stereocenters. The molecule has 1 aliphatic heterocycles. The zero-order valence-electron chi connectivity index (χ0n) is 9.77. The number of hydrogen-bond donors (Lipinski definition) is 2. The maximum absolute atomic E-state index is 11.9. The fourth-order valence-corrected chi connectivity index (χ4v) is 1.80. The van der Waals surface area contributed by atoms with Gasteiger partial charge in [0.25, 0.3) is 0 Å². The van der Waals surface area contributed by atoms with Gasteiger partial charge in [-0.25, -0.2) is 0 Å². The summed E-state index contributed by atoms with van der Waals surface area (Å²) in [6.07, 6.45) is 4.45. The fraction of sp³-hybridized carbons (Fsp3) is 0.545. The third-order valence-electron chi connectivity index (χ3n) is 2.86. The molecule has 92 valence electrons. The van der Waals surface area contributed by atoms with Crippen LogP contribution in [0.4, 0.5) is 5.69 Å². The van der Waals surface area contributed by atoms with E-state index in [2.05, 4.69) is 15.7 Å². The van der Waals surface area contributed by atoms with E-state index in [9.17, 15) is 9.59 Å². The second kappa shape index (κ2) is 4.99. The second-order valence-electron chi connectivity index (χ2n) is 4.11. The van der Waals surface area contributed by atoms with Gasteiger partial charge in [0.1, 0.15) is 0 Å². The lowest BCUT2D eigenvalue weighted by Crippen LogP contribution is -2.40. The first kappa shape index (κ1) is 11.6. The van der Waals surface area contributed by atoms with Crippen LogP contribution in [0.2, 0.25) is 0 Å². The summed E-state index contributed by atoms with van der Waals surface area (Å²) >= 11 is 0. The van der Waals surface area contributed by atoms with E-state index in [4.69, 9.17) is 0 Å². The van der Waals surface area contributed by atoms with Crippen LogP contribution in [0.1, 0.15) is 19.8 Å². The van der Waals surface area contributed by atoms with E-state index >= 15 is 0 Å². The Hall–Kier alpha value is -1.85. The number of aryl methyl sites for hydroxylation is 1. The molecule has 6 nitrogen and oxygen atoms in total. The molecule has 2 rings (SSSR count). The van der Waals surface area contributed by atoms with E-state index in [1.807, 2.05) is 6.92 Å². The topological polar surface area (TPSA) is 76.0 Å². The van der Waals surface area contributed by atoms with E-state index < -0.39 is 0 Å². The van der Waals surface area contributed by atoms with Gasteiger partial charge in [0.2, 0.25) is 11.8 Å². The van der Waals surface area contributed by atoms with Gasteiger partial charge in [-0.2, -0.15) is 5.10 Å². The normalized spacial score (nSPS) is 19.8. The van der Waals surface area contributed by atoms with Crippen LogP contribution in [0.15, 0.2) is 12.4 Å². The van der Waals surface area contributed by atoms with Crippen molar-refractivity contribution in [2.45, 2.75) is 26.3 Å². The molecule has 2 amide bonds. The summed E-state index contributed by atoms with van der Waals surface area (Å²) in [6.45, 7) is 3.18. The molecule has 6 heteroatoms. The van der Waals surface area contributed by atoms with Crippen LogP contribution in [0, 0.1) is 5.92 Å². The highest BCUT2D eigenvalue weighted by atomic mass is 16.2. The number of amides is 2. The van der Waals surface area contributed by atoms with Gasteiger partial charge in [-0.3, -0.25) is 14.3 Å². The Morgan fingerprint density at radius 3 is 3.12 bits per heavy atom. The molecule has 1 aromatic heterocycles. The van der Waals surface area contributed by atoms with E-state index in [0.29, 0.717) is 25.1 Å². The van der Waals surface area contributed by atoms with Crippen molar-refractivity contribution in [3.05, 3.63) is 12.4 Å². The lowest BCUT2D eigenvalue weighted by molar-refractivity contribution is -0.126. The number of carbonyl (C=O) groups is 2. The zero-order valence-corrected chi connectivity index (χ0v) is 9.77. The summed E-state index contributed by atoms with van der Waals surface area (Å²) in [5.41, 5.74) is 0.703. The smallest absolute Gasteiger partial charge is 0.229 e. The lowest BCUT2D eigenvalue weighted by atomic mass is 9.98.